The number of benzene rings is 1. The Bertz CT molecular complexity index is 604. The SMILES string of the molecule is Cl.NC1(C(=O)NCc2ccc(-n3cccn3)cc2)CCCC1. The average Bonchev–Trinajstić information content (AvgIpc) is 3.17. The Balaban J connectivity index is 0.00000176. The molecular weight excluding hydrogens is 300 g/mol. The van der Waals surface area contributed by atoms with Crippen LogP contribution in [0.15, 0.2) is 42.7 Å². The van der Waals surface area contributed by atoms with Crippen molar-refractivity contribution in [2.45, 2.75) is 37.8 Å². The molecule has 118 valence electrons. The maximum atomic E-state index is 12.1. The zero-order chi connectivity index (χ0) is 14.7. The van der Waals surface area contributed by atoms with E-state index in [1.165, 1.54) is 0 Å². The third-order valence-corrected chi connectivity index (χ3v) is 4.11. The van der Waals surface area contributed by atoms with E-state index >= 15 is 0 Å². The van der Waals surface area contributed by atoms with Crippen LogP contribution in [0.2, 0.25) is 0 Å². The molecule has 5 nitrogen and oxygen atoms in total. The zero-order valence-electron chi connectivity index (χ0n) is 12.4. The first kappa shape index (κ1) is 16.5. The number of carbonyl (C=O) groups is 1. The van der Waals surface area contributed by atoms with E-state index in [4.69, 9.17) is 5.73 Å². The van der Waals surface area contributed by atoms with Crippen LogP contribution in [0, 0.1) is 0 Å². The number of amides is 1. The molecule has 1 fully saturated rings. The summed E-state index contributed by atoms with van der Waals surface area (Å²) in [6, 6.07) is 9.85. The first-order chi connectivity index (χ1) is 10.2. The van der Waals surface area contributed by atoms with Crippen LogP contribution in [0.5, 0.6) is 0 Å². The molecule has 1 heterocycles. The number of hydrogen-bond acceptors (Lipinski definition) is 3. The second-order valence-corrected chi connectivity index (χ2v) is 5.66. The lowest BCUT2D eigenvalue weighted by Crippen LogP contribution is -2.51. The molecule has 0 spiro atoms. The summed E-state index contributed by atoms with van der Waals surface area (Å²) in [4.78, 5) is 12.1. The quantitative estimate of drug-likeness (QED) is 0.907. The highest BCUT2D eigenvalue weighted by Gasteiger charge is 2.36. The second-order valence-electron chi connectivity index (χ2n) is 5.66. The summed E-state index contributed by atoms with van der Waals surface area (Å²) in [7, 11) is 0. The lowest BCUT2D eigenvalue weighted by Gasteiger charge is -2.22. The predicted molar refractivity (Wildman–Crippen MR) is 88.0 cm³/mol. The van der Waals surface area contributed by atoms with Gasteiger partial charge in [0.1, 0.15) is 0 Å². The van der Waals surface area contributed by atoms with E-state index in [-0.39, 0.29) is 18.3 Å². The standard InChI is InChI=1S/C16H20N4O.ClH/c17-16(8-1-2-9-16)15(21)18-12-13-4-6-14(7-5-13)20-11-3-10-19-20;/h3-7,10-11H,1-2,8-9,12,17H2,(H,18,21);1H. The van der Waals surface area contributed by atoms with Gasteiger partial charge in [0, 0.05) is 18.9 Å². The fourth-order valence-corrected chi connectivity index (χ4v) is 2.78. The van der Waals surface area contributed by atoms with E-state index in [2.05, 4.69) is 10.4 Å². The van der Waals surface area contributed by atoms with E-state index in [0.717, 1.165) is 36.9 Å². The number of aromatic nitrogens is 2. The summed E-state index contributed by atoms with van der Waals surface area (Å²) in [6.07, 6.45) is 7.31. The number of nitrogens with two attached hydrogens (primary N) is 1. The number of nitrogens with one attached hydrogen (secondary N) is 1. The van der Waals surface area contributed by atoms with Crippen LogP contribution in [0.3, 0.4) is 0 Å². The lowest BCUT2D eigenvalue weighted by molar-refractivity contribution is -0.126. The molecule has 6 heteroatoms. The highest BCUT2D eigenvalue weighted by atomic mass is 35.5. The van der Waals surface area contributed by atoms with Gasteiger partial charge in [-0.2, -0.15) is 5.10 Å². The van der Waals surface area contributed by atoms with Crippen LogP contribution in [0.25, 0.3) is 5.69 Å². The molecule has 22 heavy (non-hydrogen) atoms. The fourth-order valence-electron chi connectivity index (χ4n) is 2.78. The van der Waals surface area contributed by atoms with Crippen molar-refractivity contribution in [1.82, 2.24) is 15.1 Å². The van der Waals surface area contributed by atoms with Gasteiger partial charge in [-0.1, -0.05) is 25.0 Å². The first-order valence-corrected chi connectivity index (χ1v) is 7.34. The number of halogens is 1. The number of nitrogens with zero attached hydrogens (tertiary/aromatic N) is 2. The first-order valence-electron chi connectivity index (χ1n) is 7.34. The number of rotatable bonds is 4. The fraction of sp³-hybridized carbons (Fsp3) is 0.375. The molecule has 3 rings (SSSR count). The Morgan fingerprint density at radius 3 is 2.55 bits per heavy atom. The van der Waals surface area contributed by atoms with Crippen LogP contribution in [0.1, 0.15) is 31.2 Å². The van der Waals surface area contributed by atoms with Crippen molar-refractivity contribution in [3.63, 3.8) is 0 Å². The molecule has 1 aromatic carbocycles. The van der Waals surface area contributed by atoms with E-state index in [1.807, 2.05) is 36.5 Å². The minimum Gasteiger partial charge on any atom is -0.350 e. The smallest absolute Gasteiger partial charge is 0.240 e. The zero-order valence-corrected chi connectivity index (χ0v) is 13.2. The van der Waals surface area contributed by atoms with Crippen molar-refractivity contribution < 1.29 is 4.79 Å². The van der Waals surface area contributed by atoms with Crippen molar-refractivity contribution in [2.24, 2.45) is 5.73 Å². The summed E-state index contributed by atoms with van der Waals surface area (Å²) in [5.41, 5.74) is 7.53. The normalized spacial score (nSPS) is 16.0. The van der Waals surface area contributed by atoms with Gasteiger partial charge in [-0.3, -0.25) is 4.79 Å². The molecule has 0 aliphatic heterocycles. The van der Waals surface area contributed by atoms with Crippen LogP contribution in [-0.4, -0.2) is 21.2 Å². The van der Waals surface area contributed by atoms with Crippen molar-refractivity contribution in [3.8, 4) is 5.69 Å². The van der Waals surface area contributed by atoms with Crippen molar-refractivity contribution >= 4 is 18.3 Å². The topological polar surface area (TPSA) is 72.9 Å². The van der Waals surface area contributed by atoms with Crippen LogP contribution in [0.4, 0.5) is 0 Å². The molecule has 3 N–H and O–H groups in total. The van der Waals surface area contributed by atoms with Gasteiger partial charge in [0.15, 0.2) is 0 Å². The molecule has 0 unspecified atom stereocenters. The average molecular weight is 321 g/mol. The number of carbonyl (C=O) groups excluding carboxylic acids is 1. The molecule has 1 saturated carbocycles. The van der Waals surface area contributed by atoms with Gasteiger partial charge >= 0.3 is 0 Å². The molecule has 0 saturated heterocycles. The Hall–Kier alpha value is -1.85. The third-order valence-electron chi connectivity index (χ3n) is 4.11. The highest BCUT2D eigenvalue weighted by molar-refractivity contribution is 5.86. The van der Waals surface area contributed by atoms with Gasteiger partial charge in [0.2, 0.25) is 5.91 Å². The highest BCUT2D eigenvalue weighted by Crippen LogP contribution is 2.27. The largest absolute Gasteiger partial charge is 0.350 e. The Morgan fingerprint density at radius 2 is 1.95 bits per heavy atom. The molecular formula is C16H21ClN4O. The summed E-state index contributed by atoms with van der Waals surface area (Å²) >= 11 is 0. The van der Waals surface area contributed by atoms with Gasteiger partial charge in [0.25, 0.3) is 0 Å². The van der Waals surface area contributed by atoms with Crippen molar-refractivity contribution in [1.29, 1.82) is 0 Å². The maximum Gasteiger partial charge on any atom is 0.240 e. The van der Waals surface area contributed by atoms with Gasteiger partial charge in [0.05, 0.1) is 11.2 Å². The number of hydrogen-bond donors (Lipinski definition) is 2. The molecule has 1 amide bonds. The summed E-state index contributed by atoms with van der Waals surface area (Å²) in [6.45, 7) is 0.511. The predicted octanol–water partition coefficient (Wildman–Crippen LogP) is 2.18. The minimum atomic E-state index is -0.658. The molecule has 0 atom stereocenters. The van der Waals surface area contributed by atoms with Crippen LogP contribution >= 0.6 is 12.4 Å². The summed E-state index contributed by atoms with van der Waals surface area (Å²) < 4.78 is 1.80. The third kappa shape index (κ3) is 3.48. The van der Waals surface area contributed by atoms with Gasteiger partial charge < -0.3 is 11.1 Å². The van der Waals surface area contributed by atoms with Gasteiger partial charge in [-0.05, 0) is 36.6 Å². The van der Waals surface area contributed by atoms with E-state index in [1.54, 1.807) is 10.9 Å². The Kier molecular flexibility index (Phi) is 5.21. The summed E-state index contributed by atoms with van der Waals surface area (Å²) in [5, 5.41) is 7.13. The molecule has 0 bridgehead atoms. The second kappa shape index (κ2) is 6.94. The van der Waals surface area contributed by atoms with Crippen molar-refractivity contribution in [2.75, 3.05) is 0 Å². The molecule has 0 radical (unpaired) electrons. The Morgan fingerprint density at radius 1 is 1.27 bits per heavy atom. The van der Waals surface area contributed by atoms with E-state index < -0.39 is 5.54 Å². The summed E-state index contributed by atoms with van der Waals surface area (Å²) in [5.74, 6) is -0.0313. The molecule has 2 aromatic rings. The molecule has 1 aliphatic rings. The Labute approximate surface area is 136 Å². The maximum absolute atomic E-state index is 12.1. The van der Waals surface area contributed by atoms with E-state index in [0.29, 0.717) is 6.54 Å². The van der Waals surface area contributed by atoms with Gasteiger partial charge in [-0.25, -0.2) is 4.68 Å². The molecule has 1 aromatic heterocycles. The lowest BCUT2D eigenvalue weighted by atomic mass is 9.98. The molecule has 1 aliphatic carbocycles. The monoisotopic (exact) mass is 320 g/mol. The van der Waals surface area contributed by atoms with Crippen LogP contribution < -0.4 is 11.1 Å². The van der Waals surface area contributed by atoms with Crippen LogP contribution in [-0.2, 0) is 11.3 Å². The van der Waals surface area contributed by atoms with Crippen molar-refractivity contribution in [3.05, 3.63) is 48.3 Å². The van der Waals surface area contributed by atoms with E-state index in [9.17, 15) is 4.79 Å². The van der Waals surface area contributed by atoms with Gasteiger partial charge in [-0.15, -0.1) is 12.4 Å². The minimum absolute atomic E-state index is 0.